The summed E-state index contributed by atoms with van der Waals surface area (Å²) in [5.41, 5.74) is 4.90. The van der Waals surface area contributed by atoms with E-state index in [2.05, 4.69) is 0 Å². The fourth-order valence-corrected chi connectivity index (χ4v) is 3.05. The highest BCUT2D eigenvalue weighted by Crippen LogP contribution is 2.32. The molecule has 0 unspecified atom stereocenters. The normalized spacial score (nSPS) is 10.8. The van der Waals surface area contributed by atoms with E-state index < -0.39 is 0 Å². The van der Waals surface area contributed by atoms with Crippen molar-refractivity contribution in [3.05, 3.63) is 81.9 Å². The maximum absolute atomic E-state index is 10.2. The molecule has 26 heavy (non-hydrogen) atoms. The molecular weight excluding hydrogens is 328 g/mol. The van der Waals surface area contributed by atoms with E-state index in [-0.39, 0.29) is 23.0 Å². The Hall–Kier alpha value is -3.14. The fraction of sp³-hybridized carbons (Fsp3) is 0.182. The molecule has 0 aliphatic heterocycles. The lowest BCUT2D eigenvalue weighted by Gasteiger charge is -2.12. The fourth-order valence-electron chi connectivity index (χ4n) is 3.05. The Balaban J connectivity index is 1.90. The number of phenols is 4. The zero-order chi connectivity index (χ0) is 18.8. The molecule has 0 aliphatic carbocycles. The third kappa shape index (κ3) is 3.75. The molecule has 3 aromatic rings. The zero-order valence-electron chi connectivity index (χ0n) is 14.8. The van der Waals surface area contributed by atoms with Gasteiger partial charge in [0.05, 0.1) is 0 Å². The van der Waals surface area contributed by atoms with Gasteiger partial charge >= 0.3 is 0 Å². The minimum Gasteiger partial charge on any atom is -0.508 e. The molecule has 3 aromatic carbocycles. The van der Waals surface area contributed by atoms with Crippen LogP contribution in [0, 0.1) is 13.8 Å². The molecule has 0 saturated carbocycles. The number of aromatic hydroxyl groups is 4. The van der Waals surface area contributed by atoms with Crippen molar-refractivity contribution in [2.45, 2.75) is 26.7 Å². The molecule has 0 radical (unpaired) electrons. The molecule has 134 valence electrons. The SMILES string of the molecule is Cc1cc(Cc2cc(Cc3ccc(O)c(C)c3)c(O)cc2O)ccc1O. The highest BCUT2D eigenvalue weighted by Gasteiger charge is 2.11. The molecule has 0 fully saturated rings. The first-order chi connectivity index (χ1) is 12.3. The van der Waals surface area contributed by atoms with E-state index in [1.165, 1.54) is 6.07 Å². The predicted molar refractivity (Wildman–Crippen MR) is 101 cm³/mol. The summed E-state index contributed by atoms with van der Waals surface area (Å²) in [5, 5.41) is 39.7. The molecular formula is C22H22O4. The van der Waals surface area contributed by atoms with Crippen LogP contribution >= 0.6 is 0 Å². The van der Waals surface area contributed by atoms with Gasteiger partial charge in [-0.05, 0) is 65.4 Å². The Morgan fingerprint density at radius 2 is 0.962 bits per heavy atom. The van der Waals surface area contributed by atoms with Crippen LogP contribution in [0.5, 0.6) is 23.0 Å². The van der Waals surface area contributed by atoms with Crippen LogP contribution in [0.3, 0.4) is 0 Å². The highest BCUT2D eigenvalue weighted by molar-refractivity contribution is 5.49. The van der Waals surface area contributed by atoms with E-state index in [9.17, 15) is 20.4 Å². The smallest absolute Gasteiger partial charge is 0.122 e. The Kier molecular flexibility index (Phi) is 4.76. The lowest BCUT2D eigenvalue weighted by molar-refractivity contribution is 0.443. The lowest BCUT2D eigenvalue weighted by Crippen LogP contribution is -1.95. The second-order valence-corrected chi connectivity index (χ2v) is 6.70. The monoisotopic (exact) mass is 350 g/mol. The van der Waals surface area contributed by atoms with Gasteiger partial charge in [0.25, 0.3) is 0 Å². The van der Waals surface area contributed by atoms with Gasteiger partial charge in [0, 0.05) is 18.9 Å². The molecule has 0 bridgehead atoms. The Bertz CT molecular complexity index is 886. The van der Waals surface area contributed by atoms with Crippen LogP contribution in [0.15, 0.2) is 48.5 Å². The molecule has 0 aromatic heterocycles. The largest absolute Gasteiger partial charge is 0.508 e. The van der Waals surface area contributed by atoms with Crippen molar-refractivity contribution < 1.29 is 20.4 Å². The summed E-state index contributed by atoms with van der Waals surface area (Å²) in [5.74, 6) is 0.567. The van der Waals surface area contributed by atoms with Crippen LogP contribution in [0.4, 0.5) is 0 Å². The molecule has 3 rings (SSSR count). The van der Waals surface area contributed by atoms with E-state index >= 15 is 0 Å². The van der Waals surface area contributed by atoms with Gasteiger partial charge in [-0.1, -0.05) is 24.3 Å². The van der Waals surface area contributed by atoms with Crippen LogP contribution in [0.2, 0.25) is 0 Å². The molecule has 4 heteroatoms. The van der Waals surface area contributed by atoms with Crippen LogP contribution in [0.1, 0.15) is 33.4 Å². The zero-order valence-corrected chi connectivity index (χ0v) is 14.8. The van der Waals surface area contributed by atoms with Gasteiger partial charge in [-0.25, -0.2) is 0 Å². The topological polar surface area (TPSA) is 80.9 Å². The first-order valence-electron chi connectivity index (χ1n) is 8.44. The molecule has 0 heterocycles. The third-order valence-electron chi connectivity index (χ3n) is 4.59. The molecule has 0 spiro atoms. The summed E-state index contributed by atoms with van der Waals surface area (Å²) in [6.07, 6.45) is 0.990. The van der Waals surface area contributed by atoms with Crippen LogP contribution in [0.25, 0.3) is 0 Å². The molecule has 0 atom stereocenters. The summed E-state index contributed by atoms with van der Waals surface area (Å²) in [6.45, 7) is 3.65. The minimum atomic E-state index is 0.0406. The van der Waals surface area contributed by atoms with Crippen LogP contribution < -0.4 is 0 Å². The van der Waals surface area contributed by atoms with Crippen LogP contribution in [-0.4, -0.2) is 20.4 Å². The van der Waals surface area contributed by atoms with Gasteiger partial charge in [-0.3, -0.25) is 0 Å². The van der Waals surface area contributed by atoms with E-state index in [1.807, 2.05) is 38.1 Å². The van der Waals surface area contributed by atoms with E-state index in [0.29, 0.717) is 24.0 Å². The molecule has 0 aliphatic rings. The second kappa shape index (κ2) is 7.00. The van der Waals surface area contributed by atoms with Crippen LogP contribution in [-0.2, 0) is 12.8 Å². The first-order valence-corrected chi connectivity index (χ1v) is 8.44. The molecule has 0 amide bonds. The van der Waals surface area contributed by atoms with Crippen molar-refractivity contribution >= 4 is 0 Å². The lowest BCUT2D eigenvalue weighted by atomic mass is 9.96. The Labute approximate surface area is 152 Å². The van der Waals surface area contributed by atoms with Gasteiger partial charge in [-0.2, -0.15) is 0 Å². The predicted octanol–water partition coefficient (Wildman–Crippen LogP) is 4.31. The summed E-state index contributed by atoms with van der Waals surface area (Å²) >= 11 is 0. The van der Waals surface area contributed by atoms with E-state index in [0.717, 1.165) is 22.3 Å². The number of benzene rings is 3. The Morgan fingerprint density at radius 1 is 0.538 bits per heavy atom. The van der Waals surface area contributed by atoms with E-state index in [4.69, 9.17) is 0 Å². The number of phenolic OH excluding ortho intramolecular Hbond substituents is 4. The maximum atomic E-state index is 10.2. The van der Waals surface area contributed by atoms with Crippen molar-refractivity contribution in [1.29, 1.82) is 0 Å². The first kappa shape index (κ1) is 17.7. The van der Waals surface area contributed by atoms with Crippen molar-refractivity contribution in [3.63, 3.8) is 0 Å². The van der Waals surface area contributed by atoms with E-state index in [1.54, 1.807) is 18.2 Å². The van der Waals surface area contributed by atoms with Crippen molar-refractivity contribution in [3.8, 4) is 23.0 Å². The summed E-state index contributed by atoms with van der Waals surface area (Å²) in [6, 6.07) is 13.8. The minimum absolute atomic E-state index is 0.0406. The third-order valence-corrected chi connectivity index (χ3v) is 4.59. The molecule has 0 saturated heterocycles. The second-order valence-electron chi connectivity index (χ2n) is 6.70. The maximum Gasteiger partial charge on any atom is 0.122 e. The molecule has 4 nitrogen and oxygen atoms in total. The van der Waals surface area contributed by atoms with Gasteiger partial charge in [0.1, 0.15) is 23.0 Å². The van der Waals surface area contributed by atoms with Crippen molar-refractivity contribution in [2.24, 2.45) is 0 Å². The van der Waals surface area contributed by atoms with Gasteiger partial charge in [-0.15, -0.1) is 0 Å². The number of hydrogen-bond acceptors (Lipinski definition) is 4. The summed E-state index contributed by atoms with van der Waals surface area (Å²) in [7, 11) is 0. The number of aryl methyl sites for hydroxylation is 2. The van der Waals surface area contributed by atoms with Crippen molar-refractivity contribution in [1.82, 2.24) is 0 Å². The summed E-state index contributed by atoms with van der Waals surface area (Å²) in [4.78, 5) is 0. The van der Waals surface area contributed by atoms with Crippen molar-refractivity contribution in [2.75, 3.05) is 0 Å². The standard InChI is InChI=1S/C22H22O4/c1-13-7-15(3-5-19(13)23)9-17-11-18(22(26)12-21(17)25)10-16-4-6-20(24)14(2)8-16/h3-8,11-12,23-26H,9-10H2,1-2H3. The summed E-state index contributed by atoms with van der Waals surface area (Å²) < 4.78 is 0. The van der Waals surface area contributed by atoms with Gasteiger partial charge < -0.3 is 20.4 Å². The van der Waals surface area contributed by atoms with Gasteiger partial charge in [0.15, 0.2) is 0 Å². The average molecular weight is 350 g/mol. The highest BCUT2D eigenvalue weighted by atomic mass is 16.3. The average Bonchev–Trinajstić information content (AvgIpc) is 2.58. The van der Waals surface area contributed by atoms with Gasteiger partial charge in [0.2, 0.25) is 0 Å². The molecule has 4 N–H and O–H groups in total. The quantitative estimate of drug-likeness (QED) is 0.565. The Morgan fingerprint density at radius 3 is 1.35 bits per heavy atom. The number of hydrogen-bond donors (Lipinski definition) is 4. The number of rotatable bonds is 4.